The molecule has 28 heavy (non-hydrogen) atoms. The van der Waals surface area contributed by atoms with Gasteiger partial charge in [0.05, 0.1) is 35.7 Å². The van der Waals surface area contributed by atoms with Crippen molar-refractivity contribution < 1.29 is 0 Å². The van der Waals surface area contributed by atoms with Gasteiger partial charge in [-0.2, -0.15) is 15.3 Å². The molecule has 3 aromatic rings. The summed E-state index contributed by atoms with van der Waals surface area (Å²) in [6.07, 6.45) is 9.68. The van der Waals surface area contributed by atoms with E-state index in [1.807, 2.05) is 54.6 Å². The average molecular weight is 371 g/mol. The van der Waals surface area contributed by atoms with Crippen molar-refractivity contribution in [3.63, 3.8) is 0 Å². The molecule has 3 aromatic heterocycles. The molecule has 0 aliphatic heterocycles. The predicted octanol–water partition coefficient (Wildman–Crippen LogP) is 1.81. The first-order chi connectivity index (χ1) is 13.9. The molecule has 3 rings (SSSR count). The number of aromatic nitrogens is 3. The van der Waals surface area contributed by atoms with Crippen LogP contribution >= 0.6 is 0 Å². The van der Waals surface area contributed by atoms with Gasteiger partial charge in [0.1, 0.15) is 0 Å². The summed E-state index contributed by atoms with van der Waals surface area (Å²) in [7, 11) is 0. The van der Waals surface area contributed by atoms with E-state index in [1.54, 1.807) is 31.0 Å². The van der Waals surface area contributed by atoms with Crippen LogP contribution in [-0.2, 0) is 0 Å². The zero-order valence-electron chi connectivity index (χ0n) is 14.8. The molecule has 0 saturated carbocycles. The highest BCUT2D eigenvalue weighted by Gasteiger charge is 1.95. The molecule has 0 bridgehead atoms. The van der Waals surface area contributed by atoms with Crippen molar-refractivity contribution in [3.05, 3.63) is 90.3 Å². The van der Waals surface area contributed by atoms with Crippen molar-refractivity contribution in [2.24, 2.45) is 20.4 Å². The Bertz CT molecular complexity index is 899. The molecule has 0 saturated heterocycles. The van der Waals surface area contributed by atoms with Gasteiger partial charge in [-0.15, -0.1) is 5.10 Å². The normalized spacial score (nSPS) is 12.1. The van der Waals surface area contributed by atoms with Crippen LogP contribution in [0.4, 0.5) is 0 Å². The number of rotatable bonds is 6. The Kier molecular flexibility index (Phi) is 7.05. The van der Waals surface area contributed by atoms with Crippen LogP contribution in [-0.4, -0.2) is 39.6 Å². The fourth-order valence-corrected chi connectivity index (χ4v) is 1.89. The number of nitrogens with zero attached hydrogens (tertiary/aromatic N) is 7. The second kappa shape index (κ2) is 10.7. The lowest BCUT2D eigenvalue weighted by molar-refractivity contribution is 0.889. The minimum Gasteiger partial charge on any atom is -0.255 e. The minimum atomic E-state index is 0.214. The monoisotopic (exact) mass is 371 g/mol. The molecular formula is C19H17N9. The topological polar surface area (TPSA) is 112 Å². The first-order valence-electron chi connectivity index (χ1n) is 8.32. The quantitative estimate of drug-likeness (QED) is 0.390. The second-order valence-electron chi connectivity index (χ2n) is 5.20. The minimum absolute atomic E-state index is 0.214. The number of nitrogens with one attached hydrogen (secondary N) is 2. The molecule has 9 nitrogen and oxygen atoms in total. The highest BCUT2D eigenvalue weighted by atomic mass is 15.5. The molecule has 0 radical (unpaired) electrons. The summed E-state index contributed by atoms with van der Waals surface area (Å²) in [5.74, 6) is 0.214. The standard InChI is InChI=1S/C19H17N9/c1-4-10-20-16(7-1)13-23-26-19(27-24-14-17-8-2-5-11-21-17)28-25-15-18-9-3-6-12-22-18/h1-15H,(H2,26,27,28)/b23-13-,24-14-,25-15+. The van der Waals surface area contributed by atoms with Crippen LogP contribution in [0.1, 0.15) is 17.1 Å². The molecule has 0 unspecified atom stereocenters. The molecule has 9 heteroatoms. The van der Waals surface area contributed by atoms with E-state index in [0.717, 1.165) is 0 Å². The smallest absolute Gasteiger partial charge is 0.255 e. The third-order valence-corrected chi connectivity index (χ3v) is 3.15. The second-order valence-corrected chi connectivity index (χ2v) is 5.20. The Hall–Kier alpha value is -4.27. The SMILES string of the molecule is C(=N/N=C(N/N=C\c1ccccn1)N/N=C/c1ccccn1)/c1ccccn1. The summed E-state index contributed by atoms with van der Waals surface area (Å²) >= 11 is 0. The van der Waals surface area contributed by atoms with E-state index in [9.17, 15) is 0 Å². The van der Waals surface area contributed by atoms with Gasteiger partial charge in [0.2, 0.25) is 0 Å². The van der Waals surface area contributed by atoms with Gasteiger partial charge >= 0.3 is 0 Å². The van der Waals surface area contributed by atoms with Gasteiger partial charge in [0.25, 0.3) is 5.96 Å². The zero-order valence-corrected chi connectivity index (χ0v) is 14.8. The summed E-state index contributed by atoms with van der Waals surface area (Å²) in [4.78, 5) is 12.5. The first-order valence-corrected chi connectivity index (χ1v) is 8.32. The Morgan fingerprint density at radius 1 is 0.643 bits per heavy atom. The molecule has 138 valence electrons. The van der Waals surface area contributed by atoms with Crippen molar-refractivity contribution in [1.29, 1.82) is 0 Å². The lowest BCUT2D eigenvalue weighted by Crippen LogP contribution is -2.30. The molecule has 0 amide bonds. The molecule has 0 atom stereocenters. The Balaban J connectivity index is 1.67. The predicted molar refractivity (Wildman–Crippen MR) is 109 cm³/mol. The lowest BCUT2D eigenvalue weighted by Gasteiger charge is -2.02. The van der Waals surface area contributed by atoms with Gasteiger partial charge in [0, 0.05) is 18.6 Å². The average Bonchev–Trinajstić information content (AvgIpc) is 2.76. The van der Waals surface area contributed by atoms with E-state index < -0.39 is 0 Å². The van der Waals surface area contributed by atoms with E-state index >= 15 is 0 Å². The zero-order chi connectivity index (χ0) is 19.3. The number of pyridine rings is 3. The van der Waals surface area contributed by atoms with Gasteiger partial charge in [-0.3, -0.25) is 15.0 Å². The maximum absolute atomic E-state index is 4.15. The van der Waals surface area contributed by atoms with Gasteiger partial charge in [-0.25, -0.2) is 10.9 Å². The Morgan fingerprint density at radius 2 is 1.11 bits per heavy atom. The molecule has 2 N–H and O–H groups in total. The molecule has 3 heterocycles. The van der Waals surface area contributed by atoms with Crippen molar-refractivity contribution in [1.82, 2.24) is 25.8 Å². The molecule has 0 aliphatic carbocycles. The van der Waals surface area contributed by atoms with E-state index in [2.05, 4.69) is 46.2 Å². The lowest BCUT2D eigenvalue weighted by atomic mass is 10.4. The molecule has 0 fully saturated rings. The van der Waals surface area contributed by atoms with E-state index in [1.165, 1.54) is 6.21 Å². The van der Waals surface area contributed by atoms with E-state index in [-0.39, 0.29) is 5.96 Å². The van der Waals surface area contributed by atoms with E-state index in [0.29, 0.717) is 17.1 Å². The summed E-state index contributed by atoms with van der Waals surface area (Å²) in [5, 5.41) is 16.2. The molecule has 0 aliphatic rings. The van der Waals surface area contributed by atoms with Crippen LogP contribution in [0.5, 0.6) is 0 Å². The maximum atomic E-state index is 4.15. The molecule has 0 spiro atoms. The fraction of sp³-hybridized carbons (Fsp3) is 0. The van der Waals surface area contributed by atoms with Crippen LogP contribution in [0.15, 0.2) is 93.6 Å². The van der Waals surface area contributed by atoms with Gasteiger partial charge in [-0.05, 0) is 36.4 Å². The number of hydrogen-bond acceptors (Lipinski definition) is 7. The molecular weight excluding hydrogens is 354 g/mol. The van der Waals surface area contributed by atoms with Crippen molar-refractivity contribution in [2.45, 2.75) is 0 Å². The number of hydrogen-bond donors (Lipinski definition) is 2. The van der Waals surface area contributed by atoms with Gasteiger partial charge < -0.3 is 0 Å². The van der Waals surface area contributed by atoms with Crippen LogP contribution in [0.3, 0.4) is 0 Å². The van der Waals surface area contributed by atoms with Crippen LogP contribution in [0.25, 0.3) is 0 Å². The summed E-state index contributed by atoms with van der Waals surface area (Å²) in [6, 6.07) is 16.6. The third-order valence-electron chi connectivity index (χ3n) is 3.15. The largest absolute Gasteiger partial charge is 0.257 e. The summed E-state index contributed by atoms with van der Waals surface area (Å²) in [6.45, 7) is 0. The number of hydrazone groups is 2. The highest BCUT2D eigenvalue weighted by Crippen LogP contribution is 1.90. The van der Waals surface area contributed by atoms with Crippen LogP contribution in [0, 0.1) is 0 Å². The highest BCUT2D eigenvalue weighted by molar-refractivity contribution is 5.85. The third kappa shape index (κ3) is 6.56. The molecule has 0 aromatic carbocycles. The van der Waals surface area contributed by atoms with Gasteiger partial charge in [0.15, 0.2) is 0 Å². The van der Waals surface area contributed by atoms with E-state index in [4.69, 9.17) is 0 Å². The maximum Gasteiger partial charge on any atom is 0.257 e. The Morgan fingerprint density at radius 3 is 1.54 bits per heavy atom. The Labute approximate surface area is 161 Å². The first kappa shape index (κ1) is 18.5. The number of guanidine groups is 1. The summed E-state index contributed by atoms with van der Waals surface area (Å²) < 4.78 is 0. The fourth-order valence-electron chi connectivity index (χ4n) is 1.89. The van der Waals surface area contributed by atoms with Crippen LogP contribution in [0.2, 0.25) is 0 Å². The van der Waals surface area contributed by atoms with Crippen molar-refractivity contribution >= 4 is 24.6 Å². The summed E-state index contributed by atoms with van der Waals surface area (Å²) in [5.41, 5.74) is 7.56. The van der Waals surface area contributed by atoms with Crippen molar-refractivity contribution in [3.8, 4) is 0 Å². The van der Waals surface area contributed by atoms with Crippen molar-refractivity contribution in [2.75, 3.05) is 0 Å². The van der Waals surface area contributed by atoms with Crippen LogP contribution < -0.4 is 10.9 Å². The van der Waals surface area contributed by atoms with Gasteiger partial charge in [-0.1, -0.05) is 18.2 Å².